The van der Waals surface area contributed by atoms with Crippen LogP contribution < -0.4 is 16.0 Å². The van der Waals surface area contributed by atoms with Crippen LogP contribution in [0.2, 0.25) is 0 Å². The fourth-order valence-corrected chi connectivity index (χ4v) is 2.62. The van der Waals surface area contributed by atoms with Gasteiger partial charge in [-0.3, -0.25) is 9.59 Å². The third kappa shape index (κ3) is 3.82. The van der Waals surface area contributed by atoms with Gasteiger partial charge in [-0.25, -0.2) is 0 Å². The summed E-state index contributed by atoms with van der Waals surface area (Å²) in [7, 11) is 1.75. The second-order valence-corrected chi connectivity index (χ2v) is 6.35. The SMILES string of the molecule is CN1C(=O)C(NC(=O)CC(C)(C)N)CCc2ccccc21. The predicted molar refractivity (Wildman–Crippen MR) is 83.0 cm³/mol. The number of likely N-dealkylation sites (N-methyl/N-ethyl adjacent to an activating group) is 1. The lowest BCUT2D eigenvalue weighted by Gasteiger charge is -2.24. The van der Waals surface area contributed by atoms with E-state index < -0.39 is 11.6 Å². The van der Waals surface area contributed by atoms with E-state index in [1.54, 1.807) is 25.8 Å². The smallest absolute Gasteiger partial charge is 0.249 e. The molecule has 1 unspecified atom stereocenters. The number of para-hydroxylation sites is 1. The predicted octanol–water partition coefficient (Wildman–Crippen LogP) is 1.21. The highest BCUT2D eigenvalue weighted by Crippen LogP contribution is 2.25. The highest BCUT2D eigenvalue weighted by atomic mass is 16.2. The quantitative estimate of drug-likeness (QED) is 0.878. The van der Waals surface area contributed by atoms with Gasteiger partial charge in [0.1, 0.15) is 6.04 Å². The van der Waals surface area contributed by atoms with Crippen molar-refractivity contribution in [1.29, 1.82) is 0 Å². The number of nitrogens with two attached hydrogens (primary N) is 1. The first-order valence-corrected chi connectivity index (χ1v) is 7.21. The Hall–Kier alpha value is -1.88. The molecule has 1 atom stereocenters. The Morgan fingerprint density at radius 2 is 2.10 bits per heavy atom. The fraction of sp³-hybridized carbons (Fsp3) is 0.500. The number of hydrogen-bond donors (Lipinski definition) is 2. The number of benzene rings is 1. The van der Waals surface area contributed by atoms with Crippen LogP contribution in [0.5, 0.6) is 0 Å². The Labute approximate surface area is 125 Å². The molecule has 0 bridgehead atoms. The molecule has 3 N–H and O–H groups in total. The standard InChI is InChI=1S/C16H23N3O2/c1-16(2,17)10-14(20)18-12-9-8-11-6-4-5-7-13(11)19(3)15(12)21/h4-7,12H,8-10,17H2,1-3H3,(H,18,20). The number of fused-ring (bicyclic) bond motifs is 1. The third-order valence-electron chi connectivity index (χ3n) is 3.64. The summed E-state index contributed by atoms with van der Waals surface area (Å²) < 4.78 is 0. The second kappa shape index (κ2) is 5.85. The van der Waals surface area contributed by atoms with Crippen LogP contribution in [0, 0.1) is 0 Å². The van der Waals surface area contributed by atoms with Crippen molar-refractivity contribution >= 4 is 17.5 Å². The van der Waals surface area contributed by atoms with Crippen LogP contribution >= 0.6 is 0 Å². The van der Waals surface area contributed by atoms with E-state index in [0.717, 1.165) is 17.7 Å². The molecule has 0 aliphatic carbocycles. The normalized spacial score (nSPS) is 19.0. The summed E-state index contributed by atoms with van der Waals surface area (Å²) in [4.78, 5) is 26.1. The average Bonchev–Trinajstić information content (AvgIpc) is 2.50. The zero-order valence-electron chi connectivity index (χ0n) is 12.8. The summed E-state index contributed by atoms with van der Waals surface area (Å²) in [6.45, 7) is 3.59. The van der Waals surface area contributed by atoms with Gasteiger partial charge >= 0.3 is 0 Å². The van der Waals surface area contributed by atoms with E-state index in [1.807, 2.05) is 24.3 Å². The first kappa shape index (κ1) is 15.5. The van der Waals surface area contributed by atoms with Gasteiger partial charge in [0.25, 0.3) is 0 Å². The van der Waals surface area contributed by atoms with Crippen LogP contribution in [0.15, 0.2) is 24.3 Å². The molecule has 0 saturated carbocycles. The van der Waals surface area contributed by atoms with Crippen molar-refractivity contribution in [2.24, 2.45) is 5.73 Å². The molecule has 0 spiro atoms. The molecule has 5 nitrogen and oxygen atoms in total. The third-order valence-corrected chi connectivity index (χ3v) is 3.64. The Morgan fingerprint density at radius 1 is 1.43 bits per heavy atom. The molecule has 1 aliphatic heterocycles. The molecule has 1 aromatic rings. The van der Waals surface area contributed by atoms with Crippen molar-refractivity contribution in [1.82, 2.24) is 5.32 Å². The number of nitrogens with one attached hydrogen (secondary N) is 1. The minimum Gasteiger partial charge on any atom is -0.344 e. The van der Waals surface area contributed by atoms with Crippen molar-refractivity contribution in [2.45, 2.75) is 44.7 Å². The molecule has 0 saturated heterocycles. The molecule has 1 aliphatic rings. The monoisotopic (exact) mass is 289 g/mol. The molecule has 1 aromatic carbocycles. The van der Waals surface area contributed by atoms with Crippen LogP contribution in [-0.4, -0.2) is 30.4 Å². The van der Waals surface area contributed by atoms with Crippen LogP contribution in [0.25, 0.3) is 0 Å². The van der Waals surface area contributed by atoms with E-state index in [-0.39, 0.29) is 18.2 Å². The van der Waals surface area contributed by atoms with Crippen molar-refractivity contribution in [3.63, 3.8) is 0 Å². The van der Waals surface area contributed by atoms with E-state index in [2.05, 4.69) is 5.32 Å². The molecule has 1 heterocycles. The Balaban J connectivity index is 2.11. The van der Waals surface area contributed by atoms with Crippen LogP contribution in [0.3, 0.4) is 0 Å². The van der Waals surface area contributed by atoms with Crippen LogP contribution in [-0.2, 0) is 16.0 Å². The van der Waals surface area contributed by atoms with Gasteiger partial charge in [-0.05, 0) is 38.3 Å². The fourth-order valence-electron chi connectivity index (χ4n) is 2.62. The summed E-state index contributed by atoms with van der Waals surface area (Å²) in [5.74, 6) is -0.261. The van der Waals surface area contributed by atoms with Gasteiger partial charge in [-0.1, -0.05) is 18.2 Å². The van der Waals surface area contributed by atoms with E-state index >= 15 is 0 Å². The lowest BCUT2D eigenvalue weighted by atomic mass is 10.0. The largest absolute Gasteiger partial charge is 0.344 e. The van der Waals surface area contributed by atoms with Crippen molar-refractivity contribution < 1.29 is 9.59 Å². The van der Waals surface area contributed by atoms with Crippen molar-refractivity contribution in [2.75, 3.05) is 11.9 Å². The highest BCUT2D eigenvalue weighted by molar-refractivity contribution is 6.00. The molecule has 21 heavy (non-hydrogen) atoms. The number of carbonyl (C=O) groups excluding carboxylic acids is 2. The van der Waals surface area contributed by atoms with Gasteiger partial charge in [0.2, 0.25) is 11.8 Å². The molecule has 0 fully saturated rings. The van der Waals surface area contributed by atoms with E-state index in [1.165, 1.54) is 0 Å². The van der Waals surface area contributed by atoms with Gasteiger partial charge in [0.05, 0.1) is 0 Å². The molecule has 2 amide bonds. The number of aryl methyl sites for hydroxylation is 1. The van der Waals surface area contributed by atoms with Gasteiger partial charge in [0, 0.05) is 24.7 Å². The lowest BCUT2D eigenvalue weighted by Crippen LogP contribution is -2.49. The Bertz CT molecular complexity index is 549. The minimum absolute atomic E-state index is 0.0804. The highest BCUT2D eigenvalue weighted by Gasteiger charge is 2.29. The van der Waals surface area contributed by atoms with Gasteiger partial charge in [-0.15, -0.1) is 0 Å². The summed E-state index contributed by atoms with van der Waals surface area (Å²) >= 11 is 0. The Kier molecular flexibility index (Phi) is 4.32. The summed E-state index contributed by atoms with van der Waals surface area (Å²) in [6, 6.07) is 7.34. The van der Waals surface area contributed by atoms with E-state index in [9.17, 15) is 9.59 Å². The average molecular weight is 289 g/mol. The van der Waals surface area contributed by atoms with Crippen molar-refractivity contribution in [3.05, 3.63) is 29.8 Å². The molecular weight excluding hydrogens is 266 g/mol. The maximum absolute atomic E-state index is 12.5. The maximum atomic E-state index is 12.5. The first-order chi connectivity index (χ1) is 9.78. The number of anilines is 1. The summed E-state index contributed by atoms with van der Waals surface area (Å²) in [5.41, 5.74) is 7.31. The molecule has 2 rings (SSSR count). The summed E-state index contributed by atoms with van der Waals surface area (Å²) in [6.07, 6.45) is 1.58. The van der Waals surface area contributed by atoms with Crippen LogP contribution in [0.1, 0.15) is 32.3 Å². The molecule has 114 valence electrons. The number of amides is 2. The molecule has 0 aromatic heterocycles. The summed E-state index contributed by atoms with van der Waals surface area (Å²) in [5, 5.41) is 2.82. The zero-order chi connectivity index (χ0) is 15.6. The molecule has 5 heteroatoms. The Morgan fingerprint density at radius 3 is 2.76 bits per heavy atom. The van der Waals surface area contributed by atoms with Gasteiger partial charge in [-0.2, -0.15) is 0 Å². The molecule has 0 radical (unpaired) electrons. The van der Waals surface area contributed by atoms with Gasteiger partial charge < -0.3 is 16.0 Å². The first-order valence-electron chi connectivity index (χ1n) is 7.21. The van der Waals surface area contributed by atoms with E-state index in [4.69, 9.17) is 5.73 Å². The lowest BCUT2D eigenvalue weighted by molar-refractivity contribution is -0.128. The van der Waals surface area contributed by atoms with Crippen molar-refractivity contribution in [3.8, 4) is 0 Å². The number of nitrogens with zero attached hydrogens (tertiary/aromatic N) is 1. The minimum atomic E-state index is -0.577. The van der Waals surface area contributed by atoms with Gasteiger partial charge in [0.15, 0.2) is 0 Å². The topological polar surface area (TPSA) is 75.4 Å². The molecular formula is C16H23N3O2. The number of hydrogen-bond acceptors (Lipinski definition) is 3. The second-order valence-electron chi connectivity index (χ2n) is 6.35. The number of carbonyl (C=O) groups is 2. The van der Waals surface area contributed by atoms with E-state index in [0.29, 0.717) is 6.42 Å². The number of rotatable bonds is 3. The maximum Gasteiger partial charge on any atom is 0.249 e. The van der Waals surface area contributed by atoms with Crippen LogP contribution in [0.4, 0.5) is 5.69 Å². The zero-order valence-corrected chi connectivity index (χ0v) is 12.8.